The molecule has 0 atom stereocenters. The number of allylic oxidation sites excluding steroid dienone is 1. The lowest BCUT2D eigenvalue weighted by molar-refractivity contribution is 0.414. The van der Waals surface area contributed by atoms with Gasteiger partial charge in [-0.05, 0) is 42.2 Å². The quantitative estimate of drug-likeness (QED) is 0.766. The molecule has 1 aliphatic rings. The molecule has 16 heavy (non-hydrogen) atoms. The minimum absolute atomic E-state index is 0.273. The third-order valence-electron chi connectivity index (χ3n) is 2.62. The Morgan fingerprint density at radius 3 is 2.69 bits per heavy atom. The predicted molar refractivity (Wildman–Crippen MR) is 64.1 cm³/mol. The standard InChI is InChI=1S/C11H11ClO3S/c1-15-10-4-2-8-3-5-11(16(12,13)14)7-9(8)6-10/h2,4,6-7H,3,5H2,1H3. The summed E-state index contributed by atoms with van der Waals surface area (Å²) in [6.45, 7) is 0. The summed E-state index contributed by atoms with van der Waals surface area (Å²) >= 11 is 0. The molecule has 0 unspecified atom stereocenters. The first-order valence-corrected chi connectivity index (χ1v) is 7.14. The Bertz CT molecular complexity index is 546. The van der Waals surface area contributed by atoms with Crippen LogP contribution in [0.15, 0.2) is 23.1 Å². The Balaban J connectivity index is 2.50. The van der Waals surface area contributed by atoms with Gasteiger partial charge in [0, 0.05) is 10.7 Å². The lowest BCUT2D eigenvalue weighted by atomic mass is 9.97. The number of methoxy groups -OCH3 is 1. The van der Waals surface area contributed by atoms with Crippen LogP contribution in [0.4, 0.5) is 0 Å². The van der Waals surface area contributed by atoms with Crippen molar-refractivity contribution in [3.8, 4) is 5.75 Å². The lowest BCUT2D eigenvalue weighted by Crippen LogP contribution is -2.04. The summed E-state index contributed by atoms with van der Waals surface area (Å²) in [5.74, 6) is 0.711. The first-order valence-electron chi connectivity index (χ1n) is 4.83. The minimum Gasteiger partial charge on any atom is -0.497 e. The molecule has 0 bridgehead atoms. The molecule has 86 valence electrons. The summed E-state index contributed by atoms with van der Waals surface area (Å²) in [7, 11) is 3.31. The van der Waals surface area contributed by atoms with Crippen molar-refractivity contribution in [3.63, 3.8) is 0 Å². The maximum Gasteiger partial charge on any atom is 0.257 e. The molecule has 0 fully saturated rings. The zero-order valence-electron chi connectivity index (χ0n) is 8.73. The molecule has 5 heteroatoms. The zero-order valence-corrected chi connectivity index (χ0v) is 10.3. The Kier molecular flexibility index (Phi) is 2.95. The first kappa shape index (κ1) is 11.5. The molecule has 1 aromatic carbocycles. The van der Waals surface area contributed by atoms with Crippen LogP contribution >= 0.6 is 10.7 Å². The fraction of sp³-hybridized carbons (Fsp3) is 0.273. The van der Waals surface area contributed by atoms with Gasteiger partial charge in [0.2, 0.25) is 0 Å². The van der Waals surface area contributed by atoms with E-state index in [0.29, 0.717) is 18.6 Å². The highest BCUT2D eigenvalue weighted by molar-refractivity contribution is 8.16. The van der Waals surface area contributed by atoms with Crippen LogP contribution in [0.5, 0.6) is 5.75 Å². The van der Waals surface area contributed by atoms with E-state index in [1.165, 1.54) is 0 Å². The number of aryl methyl sites for hydroxylation is 1. The SMILES string of the molecule is COc1ccc2c(c1)C=C(S(=O)(=O)Cl)CC2. The van der Waals surface area contributed by atoms with Gasteiger partial charge in [0.05, 0.1) is 12.0 Å². The van der Waals surface area contributed by atoms with E-state index in [1.54, 1.807) is 13.2 Å². The van der Waals surface area contributed by atoms with Gasteiger partial charge >= 0.3 is 0 Å². The molecule has 0 spiro atoms. The Hall–Kier alpha value is -1.00. The van der Waals surface area contributed by atoms with Crippen molar-refractivity contribution in [1.29, 1.82) is 0 Å². The van der Waals surface area contributed by atoms with Crippen molar-refractivity contribution in [2.75, 3.05) is 7.11 Å². The van der Waals surface area contributed by atoms with Gasteiger partial charge in [-0.2, -0.15) is 0 Å². The molecule has 0 saturated carbocycles. The van der Waals surface area contributed by atoms with Gasteiger partial charge in [-0.25, -0.2) is 8.42 Å². The second-order valence-corrected chi connectivity index (χ2v) is 6.23. The number of ether oxygens (including phenoxy) is 1. The average molecular weight is 259 g/mol. The van der Waals surface area contributed by atoms with Crippen molar-refractivity contribution in [2.45, 2.75) is 12.8 Å². The maximum atomic E-state index is 11.2. The first-order chi connectivity index (χ1) is 7.50. The highest BCUT2D eigenvalue weighted by atomic mass is 35.7. The molecule has 0 aromatic heterocycles. The van der Waals surface area contributed by atoms with Crippen molar-refractivity contribution < 1.29 is 13.2 Å². The van der Waals surface area contributed by atoms with E-state index in [0.717, 1.165) is 11.1 Å². The predicted octanol–water partition coefficient (Wildman–Crippen LogP) is 2.55. The number of hydrogen-bond acceptors (Lipinski definition) is 3. The molecule has 0 amide bonds. The molecule has 0 aliphatic heterocycles. The van der Waals surface area contributed by atoms with Crippen LogP contribution in [0.25, 0.3) is 6.08 Å². The van der Waals surface area contributed by atoms with E-state index < -0.39 is 9.05 Å². The molecule has 1 aliphatic carbocycles. The molecule has 2 rings (SSSR count). The van der Waals surface area contributed by atoms with E-state index in [1.807, 2.05) is 18.2 Å². The molecular weight excluding hydrogens is 248 g/mol. The summed E-state index contributed by atoms with van der Waals surface area (Å²) in [6.07, 6.45) is 2.77. The highest BCUT2D eigenvalue weighted by Crippen LogP contribution is 2.30. The summed E-state index contributed by atoms with van der Waals surface area (Å²) in [4.78, 5) is 0.273. The Morgan fingerprint density at radius 2 is 2.06 bits per heavy atom. The summed E-state index contributed by atoms with van der Waals surface area (Å²) < 4.78 is 27.5. The van der Waals surface area contributed by atoms with Gasteiger partial charge in [0.1, 0.15) is 5.75 Å². The second-order valence-electron chi connectivity index (χ2n) is 3.61. The monoisotopic (exact) mass is 258 g/mol. The van der Waals surface area contributed by atoms with Crippen molar-refractivity contribution in [3.05, 3.63) is 34.2 Å². The van der Waals surface area contributed by atoms with E-state index in [9.17, 15) is 8.42 Å². The van der Waals surface area contributed by atoms with Crippen molar-refractivity contribution in [1.82, 2.24) is 0 Å². The van der Waals surface area contributed by atoms with Gasteiger partial charge in [0.15, 0.2) is 0 Å². The Morgan fingerprint density at radius 1 is 1.31 bits per heavy atom. The normalized spacial score (nSPS) is 15.2. The van der Waals surface area contributed by atoms with Crippen LogP contribution in [0, 0.1) is 0 Å². The molecular formula is C11H11ClO3S. The summed E-state index contributed by atoms with van der Waals surface area (Å²) in [5.41, 5.74) is 1.98. The van der Waals surface area contributed by atoms with Crippen LogP contribution in [0.3, 0.4) is 0 Å². The molecule has 0 saturated heterocycles. The fourth-order valence-electron chi connectivity index (χ4n) is 1.76. The molecule has 3 nitrogen and oxygen atoms in total. The van der Waals surface area contributed by atoms with Crippen molar-refractivity contribution in [2.24, 2.45) is 0 Å². The van der Waals surface area contributed by atoms with E-state index >= 15 is 0 Å². The number of halogens is 1. The zero-order chi connectivity index (χ0) is 11.8. The van der Waals surface area contributed by atoms with Crippen LogP contribution < -0.4 is 4.74 Å². The number of benzene rings is 1. The van der Waals surface area contributed by atoms with Gasteiger partial charge in [0.25, 0.3) is 9.05 Å². The average Bonchev–Trinajstić information content (AvgIpc) is 2.26. The van der Waals surface area contributed by atoms with E-state index in [-0.39, 0.29) is 4.91 Å². The van der Waals surface area contributed by atoms with E-state index in [4.69, 9.17) is 15.4 Å². The number of fused-ring (bicyclic) bond motifs is 1. The number of rotatable bonds is 2. The van der Waals surface area contributed by atoms with Gasteiger partial charge < -0.3 is 4.74 Å². The summed E-state index contributed by atoms with van der Waals surface area (Å²) in [5, 5.41) is 0. The molecule has 0 radical (unpaired) electrons. The number of hydrogen-bond donors (Lipinski definition) is 0. The largest absolute Gasteiger partial charge is 0.497 e. The second kappa shape index (κ2) is 4.11. The third-order valence-corrected chi connectivity index (χ3v) is 4.17. The maximum absolute atomic E-state index is 11.2. The van der Waals surface area contributed by atoms with Crippen LogP contribution in [0.1, 0.15) is 17.5 Å². The van der Waals surface area contributed by atoms with Gasteiger partial charge in [-0.3, -0.25) is 0 Å². The van der Waals surface area contributed by atoms with Crippen LogP contribution in [-0.4, -0.2) is 15.5 Å². The fourth-order valence-corrected chi connectivity index (χ4v) is 2.74. The van der Waals surface area contributed by atoms with Crippen LogP contribution in [0.2, 0.25) is 0 Å². The molecule has 0 heterocycles. The highest BCUT2D eigenvalue weighted by Gasteiger charge is 2.19. The molecule has 0 N–H and O–H groups in total. The smallest absolute Gasteiger partial charge is 0.257 e. The van der Waals surface area contributed by atoms with Gasteiger partial charge in [-0.15, -0.1) is 0 Å². The minimum atomic E-state index is -3.60. The third kappa shape index (κ3) is 2.23. The summed E-state index contributed by atoms with van der Waals surface area (Å²) in [6, 6.07) is 5.63. The van der Waals surface area contributed by atoms with E-state index in [2.05, 4.69) is 0 Å². The van der Waals surface area contributed by atoms with Crippen LogP contribution in [-0.2, 0) is 15.5 Å². The topological polar surface area (TPSA) is 43.4 Å². The van der Waals surface area contributed by atoms with Gasteiger partial charge in [-0.1, -0.05) is 6.07 Å². The Labute approximate surface area is 99.1 Å². The lowest BCUT2D eigenvalue weighted by Gasteiger charge is -2.15. The van der Waals surface area contributed by atoms with Crippen molar-refractivity contribution >= 4 is 25.8 Å². The molecule has 1 aromatic rings.